The second-order valence-corrected chi connectivity index (χ2v) is 13.3. The summed E-state index contributed by atoms with van der Waals surface area (Å²) in [4.78, 5) is 13.4. The summed E-state index contributed by atoms with van der Waals surface area (Å²) in [5.41, 5.74) is 2.12. The van der Waals surface area contributed by atoms with Gasteiger partial charge < -0.3 is 22.0 Å². The molecule has 0 heterocycles. The van der Waals surface area contributed by atoms with E-state index < -0.39 is 20.6 Å². The van der Waals surface area contributed by atoms with Crippen molar-refractivity contribution in [3.8, 4) is 0 Å². The van der Waals surface area contributed by atoms with Gasteiger partial charge in [-0.25, -0.2) is 4.79 Å². The molecule has 220 valence electrons. The average Bonchev–Trinajstić information content (AvgIpc) is 3.02. The van der Waals surface area contributed by atoms with E-state index in [1.807, 2.05) is 66.7 Å². The molecule has 0 aliphatic carbocycles. The lowest BCUT2D eigenvalue weighted by Gasteiger charge is -2.35. The number of benzene rings is 5. The van der Waals surface area contributed by atoms with Crippen molar-refractivity contribution in [2.24, 2.45) is 0 Å². The first kappa shape index (κ1) is 31.5. The van der Waals surface area contributed by atoms with Crippen LogP contribution in [0.1, 0.15) is 11.1 Å². The molecular formula is C34H31BF4NO2P. The van der Waals surface area contributed by atoms with Crippen LogP contribution >= 0.6 is 7.26 Å². The number of hydrogen-bond acceptors (Lipinski definition) is 2. The van der Waals surface area contributed by atoms with Crippen molar-refractivity contribution in [3.05, 3.63) is 163 Å². The van der Waals surface area contributed by atoms with Crippen molar-refractivity contribution >= 4 is 36.5 Å². The van der Waals surface area contributed by atoms with Crippen LogP contribution in [-0.4, -0.2) is 19.1 Å². The Morgan fingerprint density at radius 3 is 1.28 bits per heavy atom. The third-order valence-electron chi connectivity index (χ3n) is 6.73. The normalized spacial score (nSPS) is 11.9. The van der Waals surface area contributed by atoms with Crippen LogP contribution in [0.2, 0.25) is 0 Å². The number of carbonyl (C=O) groups excluding carboxylic acids is 1. The third-order valence-corrected chi connectivity index (χ3v) is 11.3. The molecule has 3 nitrogen and oxygen atoms in total. The minimum atomic E-state index is -6.00. The molecule has 1 atom stereocenters. The third kappa shape index (κ3) is 9.03. The highest BCUT2D eigenvalue weighted by atomic mass is 31.2. The highest BCUT2D eigenvalue weighted by Crippen LogP contribution is 2.59. The summed E-state index contributed by atoms with van der Waals surface area (Å²) in [6.07, 6.45) is 0.246. The highest BCUT2D eigenvalue weighted by molar-refractivity contribution is 7.96. The van der Waals surface area contributed by atoms with Crippen LogP contribution in [0.25, 0.3) is 0 Å². The number of halogens is 4. The fourth-order valence-electron chi connectivity index (χ4n) is 5.00. The van der Waals surface area contributed by atoms with Gasteiger partial charge >= 0.3 is 13.3 Å². The lowest BCUT2D eigenvalue weighted by molar-refractivity contribution is 0.138. The second-order valence-electron chi connectivity index (χ2n) is 9.64. The average molecular weight is 603 g/mol. The van der Waals surface area contributed by atoms with Gasteiger partial charge in [-0.2, -0.15) is 0 Å². The van der Waals surface area contributed by atoms with E-state index in [4.69, 9.17) is 4.74 Å². The number of hydrogen-bond donors (Lipinski definition) is 1. The maximum atomic E-state index is 13.4. The first-order chi connectivity index (χ1) is 20.8. The number of ether oxygens (including phenoxy) is 1. The van der Waals surface area contributed by atoms with Crippen LogP contribution in [0.5, 0.6) is 0 Å². The Morgan fingerprint density at radius 1 is 0.581 bits per heavy atom. The zero-order chi connectivity index (χ0) is 30.5. The van der Waals surface area contributed by atoms with E-state index in [0.717, 1.165) is 11.1 Å². The Labute approximate surface area is 250 Å². The molecular weight excluding hydrogens is 572 g/mol. The Hall–Kier alpha value is -4.42. The van der Waals surface area contributed by atoms with Crippen LogP contribution < -0.4 is 21.2 Å². The van der Waals surface area contributed by atoms with Gasteiger partial charge in [-0.3, -0.25) is 5.32 Å². The smallest absolute Gasteiger partial charge is 0.445 e. The minimum Gasteiger partial charge on any atom is -0.445 e. The van der Waals surface area contributed by atoms with Crippen molar-refractivity contribution in [1.29, 1.82) is 0 Å². The zero-order valence-electron chi connectivity index (χ0n) is 23.3. The minimum absolute atomic E-state index is 0.220. The SMILES string of the molecule is F[B-](F)(F)F.O=C(NC(Cc1ccccc1)[P+](c1ccccc1)(c1ccccc1)c1ccccc1)OCc1ccccc1. The summed E-state index contributed by atoms with van der Waals surface area (Å²) in [6.45, 7) is 0.220. The topological polar surface area (TPSA) is 38.3 Å². The fraction of sp³-hybridized carbons (Fsp3) is 0.0882. The lowest BCUT2D eigenvalue weighted by atomic mass is 10.1. The van der Waals surface area contributed by atoms with Gasteiger partial charge in [0.05, 0.1) is 0 Å². The maximum absolute atomic E-state index is 13.4. The molecule has 0 radical (unpaired) electrons. The van der Waals surface area contributed by atoms with Gasteiger partial charge in [-0.1, -0.05) is 115 Å². The first-order valence-electron chi connectivity index (χ1n) is 13.7. The van der Waals surface area contributed by atoms with Gasteiger partial charge in [0.25, 0.3) is 0 Å². The molecule has 0 fully saturated rings. The maximum Gasteiger partial charge on any atom is 0.673 e. The molecule has 5 aromatic rings. The quantitative estimate of drug-likeness (QED) is 0.106. The molecule has 5 aromatic carbocycles. The van der Waals surface area contributed by atoms with Crippen molar-refractivity contribution in [1.82, 2.24) is 5.32 Å². The lowest BCUT2D eigenvalue weighted by Crippen LogP contribution is -2.48. The Balaban J connectivity index is 0.000000782. The molecule has 5 rings (SSSR count). The van der Waals surface area contributed by atoms with Crippen molar-refractivity contribution in [2.75, 3.05) is 0 Å². The largest absolute Gasteiger partial charge is 0.673 e. The van der Waals surface area contributed by atoms with E-state index in [-0.39, 0.29) is 12.4 Å². The molecule has 0 aliphatic heterocycles. The summed E-state index contributed by atoms with van der Waals surface area (Å²) in [7, 11) is -8.39. The molecule has 1 unspecified atom stereocenters. The van der Waals surface area contributed by atoms with E-state index in [9.17, 15) is 22.1 Å². The standard InChI is InChI=1S/C34H30NO2P.BF4/c36-34(37-27-29-18-8-2-9-19-29)35-33(26-28-16-6-1-7-17-28)38(30-20-10-3-11-21-30,31-22-12-4-13-23-31)32-24-14-5-15-25-32;2-1(3,4)5/h1-25,33H,26-27H2;/q;-1/p+1. The van der Waals surface area contributed by atoms with E-state index in [0.29, 0.717) is 6.42 Å². The van der Waals surface area contributed by atoms with Crippen LogP contribution in [0.15, 0.2) is 152 Å². The van der Waals surface area contributed by atoms with E-state index in [2.05, 4.69) is 90.2 Å². The predicted molar refractivity (Wildman–Crippen MR) is 169 cm³/mol. The van der Waals surface area contributed by atoms with Crippen LogP contribution in [0, 0.1) is 0 Å². The van der Waals surface area contributed by atoms with Gasteiger partial charge in [0.15, 0.2) is 5.78 Å². The molecule has 43 heavy (non-hydrogen) atoms. The molecule has 0 aromatic heterocycles. The number of alkyl carbamates (subject to hydrolysis) is 1. The molecule has 0 spiro atoms. The number of amides is 1. The van der Waals surface area contributed by atoms with Gasteiger partial charge in [0, 0.05) is 6.42 Å². The molecule has 1 N–H and O–H groups in total. The van der Waals surface area contributed by atoms with Crippen LogP contribution in [-0.2, 0) is 17.8 Å². The van der Waals surface area contributed by atoms with Gasteiger partial charge in [-0.15, -0.1) is 0 Å². The zero-order valence-corrected chi connectivity index (χ0v) is 24.2. The molecule has 0 bridgehead atoms. The predicted octanol–water partition coefficient (Wildman–Crippen LogP) is 7.78. The molecule has 1 amide bonds. The van der Waals surface area contributed by atoms with Gasteiger partial charge in [0.2, 0.25) is 0 Å². The summed E-state index contributed by atoms with van der Waals surface area (Å²) in [5, 5.41) is 6.99. The van der Waals surface area contributed by atoms with E-state index >= 15 is 0 Å². The van der Waals surface area contributed by atoms with E-state index in [1.165, 1.54) is 15.9 Å². The molecule has 0 saturated carbocycles. The summed E-state index contributed by atoms with van der Waals surface area (Å²) in [5.74, 6) is -0.236. The number of rotatable bonds is 9. The Morgan fingerprint density at radius 2 is 0.907 bits per heavy atom. The molecule has 9 heteroatoms. The van der Waals surface area contributed by atoms with Crippen molar-refractivity contribution in [2.45, 2.75) is 18.8 Å². The van der Waals surface area contributed by atoms with Crippen LogP contribution in [0.3, 0.4) is 0 Å². The van der Waals surface area contributed by atoms with Crippen molar-refractivity contribution in [3.63, 3.8) is 0 Å². The van der Waals surface area contributed by atoms with Crippen LogP contribution in [0.4, 0.5) is 22.1 Å². The summed E-state index contributed by atoms with van der Waals surface area (Å²) in [6, 6.07) is 52.0. The van der Waals surface area contributed by atoms with Gasteiger partial charge in [0.1, 0.15) is 29.8 Å². The highest BCUT2D eigenvalue weighted by Gasteiger charge is 2.53. The number of carbonyl (C=O) groups is 1. The first-order valence-corrected chi connectivity index (χ1v) is 15.6. The monoisotopic (exact) mass is 603 g/mol. The Kier molecular flexibility index (Phi) is 11.1. The summed E-state index contributed by atoms with van der Waals surface area (Å²) >= 11 is 0. The fourth-order valence-corrected chi connectivity index (χ4v) is 9.68. The second kappa shape index (κ2) is 15.2. The van der Waals surface area contributed by atoms with E-state index in [1.54, 1.807) is 0 Å². The van der Waals surface area contributed by atoms with Gasteiger partial charge in [-0.05, 0) is 47.5 Å². The Bertz CT molecular complexity index is 1430. The summed E-state index contributed by atoms with van der Waals surface area (Å²) < 4.78 is 44.8. The number of nitrogens with one attached hydrogen (secondary N) is 1. The van der Waals surface area contributed by atoms with Crippen molar-refractivity contribution < 1.29 is 26.8 Å². The molecule has 0 saturated heterocycles. The molecule has 0 aliphatic rings.